The van der Waals surface area contributed by atoms with Gasteiger partial charge in [0.05, 0.1) is 11.1 Å². The number of rotatable bonds is 12. The largest absolute Gasteiger partial charge is 0.354 e. The second kappa shape index (κ2) is 12.2. The zero-order valence-corrected chi connectivity index (χ0v) is 20.3. The molecule has 1 aliphatic heterocycles. The van der Waals surface area contributed by atoms with Crippen LogP contribution in [-0.4, -0.2) is 52.6 Å². The number of nitrogens with zero attached hydrogens (tertiary/aromatic N) is 2. The molecule has 7 nitrogen and oxygen atoms in total. The molecule has 1 N–H and O–H groups in total. The lowest BCUT2D eigenvalue weighted by Crippen LogP contribution is -2.49. The molecule has 0 fully saturated rings. The highest BCUT2D eigenvalue weighted by atomic mass is 19.1. The smallest absolute Gasteiger partial charge is 0.261 e. The zero-order chi connectivity index (χ0) is 25.4. The van der Waals surface area contributed by atoms with E-state index in [0.29, 0.717) is 29.7 Å². The number of imide groups is 1. The molecule has 0 saturated heterocycles. The predicted molar refractivity (Wildman–Crippen MR) is 130 cm³/mol. The van der Waals surface area contributed by atoms with Crippen molar-refractivity contribution in [1.29, 1.82) is 0 Å². The van der Waals surface area contributed by atoms with Gasteiger partial charge in [0.15, 0.2) is 0 Å². The van der Waals surface area contributed by atoms with Crippen LogP contribution < -0.4 is 5.32 Å². The van der Waals surface area contributed by atoms with Crippen LogP contribution in [0.2, 0.25) is 0 Å². The zero-order valence-electron chi connectivity index (χ0n) is 20.3. The molecule has 1 heterocycles. The highest BCUT2D eigenvalue weighted by Gasteiger charge is 2.35. The van der Waals surface area contributed by atoms with Gasteiger partial charge < -0.3 is 10.2 Å². The number of fused-ring (bicyclic) bond motifs is 1. The highest BCUT2D eigenvalue weighted by molar-refractivity contribution is 6.21. The van der Waals surface area contributed by atoms with Gasteiger partial charge in [0, 0.05) is 26.1 Å². The van der Waals surface area contributed by atoms with Gasteiger partial charge in [-0.2, -0.15) is 0 Å². The molecule has 0 radical (unpaired) electrons. The summed E-state index contributed by atoms with van der Waals surface area (Å²) in [5.41, 5.74) is 1.45. The third kappa shape index (κ3) is 6.32. The number of hydrogen-bond acceptors (Lipinski definition) is 4. The van der Waals surface area contributed by atoms with Crippen LogP contribution in [0.1, 0.15) is 72.2 Å². The lowest BCUT2D eigenvalue weighted by molar-refractivity contribution is -0.141. The number of unbranched alkanes of at least 4 members (excludes halogenated alkanes) is 1. The van der Waals surface area contributed by atoms with E-state index in [4.69, 9.17) is 0 Å². The molecular formula is C27H32FN3O4. The van der Waals surface area contributed by atoms with E-state index >= 15 is 0 Å². The van der Waals surface area contributed by atoms with E-state index in [0.717, 1.165) is 17.7 Å². The number of nitrogens with one attached hydrogen (secondary N) is 1. The van der Waals surface area contributed by atoms with Crippen LogP contribution in [0.4, 0.5) is 4.39 Å². The van der Waals surface area contributed by atoms with Crippen LogP contribution in [0, 0.1) is 5.82 Å². The Labute approximate surface area is 205 Å². The Kier molecular flexibility index (Phi) is 9.11. The van der Waals surface area contributed by atoms with E-state index in [1.807, 2.05) is 13.8 Å². The van der Waals surface area contributed by atoms with Gasteiger partial charge in [-0.1, -0.05) is 44.5 Å². The van der Waals surface area contributed by atoms with Crippen molar-refractivity contribution in [2.24, 2.45) is 0 Å². The lowest BCUT2D eigenvalue weighted by atomic mass is 10.1. The molecular weight excluding hydrogens is 449 g/mol. The van der Waals surface area contributed by atoms with Gasteiger partial charge in [-0.15, -0.1) is 0 Å². The minimum absolute atomic E-state index is 0.0628. The molecule has 0 aliphatic carbocycles. The number of halogens is 1. The molecule has 1 aliphatic rings. The van der Waals surface area contributed by atoms with Gasteiger partial charge in [0.25, 0.3) is 11.8 Å². The molecule has 2 aromatic rings. The summed E-state index contributed by atoms with van der Waals surface area (Å²) in [6, 6.07) is 11.8. The van der Waals surface area contributed by atoms with E-state index in [2.05, 4.69) is 5.32 Å². The van der Waals surface area contributed by atoms with Crippen molar-refractivity contribution in [2.45, 2.75) is 58.5 Å². The summed E-state index contributed by atoms with van der Waals surface area (Å²) in [5.74, 6) is -1.58. The van der Waals surface area contributed by atoms with Gasteiger partial charge in [-0.3, -0.25) is 24.1 Å². The van der Waals surface area contributed by atoms with E-state index in [1.165, 1.54) is 17.0 Å². The normalized spacial score (nSPS) is 13.5. The maximum atomic E-state index is 13.4. The Morgan fingerprint density at radius 1 is 0.971 bits per heavy atom. The average molecular weight is 482 g/mol. The minimum atomic E-state index is -0.677. The van der Waals surface area contributed by atoms with Crippen LogP contribution in [0.5, 0.6) is 0 Å². The number of amides is 4. The van der Waals surface area contributed by atoms with E-state index in [-0.39, 0.29) is 55.4 Å². The highest BCUT2D eigenvalue weighted by Crippen LogP contribution is 2.23. The number of hydrogen-bond donors (Lipinski definition) is 1. The van der Waals surface area contributed by atoms with Crippen LogP contribution in [0.15, 0.2) is 48.5 Å². The van der Waals surface area contributed by atoms with Gasteiger partial charge in [-0.05, 0) is 49.1 Å². The predicted octanol–water partition coefficient (Wildman–Crippen LogP) is 3.93. The van der Waals surface area contributed by atoms with Crippen molar-refractivity contribution in [2.75, 3.05) is 13.1 Å². The fourth-order valence-corrected chi connectivity index (χ4v) is 4.19. The summed E-state index contributed by atoms with van der Waals surface area (Å²) in [7, 11) is 0. The molecule has 0 spiro atoms. The quantitative estimate of drug-likeness (QED) is 0.368. The van der Waals surface area contributed by atoms with Crippen molar-refractivity contribution >= 4 is 23.6 Å². The second-order valence-corrected chi connectivity index (χ2v) is 8.63. The fraction of sp³-hybridized carbons (Fsp3) is 0.407. The molecule has 1 atom stereocenters. The molecule has 0 saturated carbocycles. The first-order valence-corrected chi connectivity index (χ1v) is 12.1. The Bertz CT molecular complexity index is 1040. The average Bonchev–Trinajstić information content (AvgIpc) is 3.10. The first kappa shape index (κ1) is 26.1. The van der Waals surface area contributed by atoms with Gasteiger partial charge in [0.2, 0.25) is 11.8 Å². The third-order valence-corrected chi connectivity index (χ3v) is 6.13. The SMILES string of the molecule is CCCCNC(=O)[C@H](CC)N(Cc1ccc(F)cc1)C(=O)CCCN1C(=O)c2ccccc2C1=O. The fourth-order valence-electron chi connectivity index (χ4n) is 4.19. The van der Waals surface area contributed by atoms with Crippen LogP contribution >= 0.6 is 0 Å². The molecule has 0 bridgehead atoms. The maximum Gasteiger partial charge on any atom is 0.261 e. The monoisotopic (exact) mass is 481 g/mol. The van der Waals surface area contributed by atoms with Crippen LogP contribution in [-0.2, 0) is 16.1 Å². The van der Waals surface area contributed by atoms with Gasteiger partial charge in [-0.25, -0.2) is 4.39 Å². The maximum absolute atomic E-state index is 13.4. The Morgan fingerprint density at radius 3 is 2.17 bits per heavy atom. The van der Waals surface area contributed by atoms with E-state index < -0.39 is 6.04 Å². The van der Waals surface area contributed by atoms with Crippen molar-refractivity contribution in [3.63, 3.8) is 0 Å². The number of carbonyl (C=O) groups is 4. The number of benzene rings is 2. The molecule has 186 valence electrons. The van der Waals surface area contributed by atoms with Crippen LogP contribution in [0.25, 0.3) is 0 Å². The van der Waals surface area contributed by atoms with Crippen molar-refractivity contribution < 1.29 is 23.6 Å². The standard InChI is InChI=1S/C27H32FN3O4/c1-3-5-16-29-25(33)23(4-2)31(18-19-12-14-20(28)15-13-19)24(32)11-8-17-30-26(34)21-9-6-7-10-22(21)27(30)35/h6-7,9-10,12-15,23H,3-5,8,11,16-18H2,1-2H3,(H,29,33)/t23-/m0/s1. The summed E-state index contributed by atoms with van der Waals surface area (Å²) in [6.45, 7) is 4.67. The van der Waals surface area contributed by atoms with E-state index in [1.54, 1.807) is 36.4 Å². The second-order valence-electron chi connectivity index (χ2n) is 8.63. The first-order chi connectivity index (χ1) is 16.9. The minimum Gasteiger partial charge on any atom is -0.354 e. The van der Waals surface area contributed by atoms with Crippen molar-refractivity contribution in [1.82, 2.24) is 15.1 Å². The third-order valence-electron chi connectivity index (χ3n) is 6.13. The van der Waals surface area contributed by atoms with Gasteiger partial charge in [0.1, 0.15) is 11.9 Å². The summed E-state index contributed by atoms with van der Waals surface area (Å²) < 4.78 is 13.4. The summed E-state index contributed by atoms with van der Waals surface area (Å²) in [4.78, 5) is 54.0. The topological polar surface area (TPSA) is 86.8 Å². The Balaban J connectivity index is 1.68. The summed E-state index contributed by atoms with van der Waals surface area (Å²) in [5, 5.41) is 2.90. The molecule has 2 aromatic carbocycles. The van der Waals surface area contributed by atoms with E-state index in [9.17, 15) is 23.6 Å². The Morgan fingerprint density at radius 2 is 1.60 bits per heavy atom. The molecule has 8 heteroatoms. The molecule has 0 unspecified atom stereocenters. The van der Waals surface area contributed by atoms with Crippen molar-refractivity contribution in [3.8, 4) is 0 Å². The molecule has 3 rings (SSSR count). The van der Waals surface area contributed by atoms with Crippen LogP contribution in [0.3, 0.4) is 0 Å². The first-order valence-electron chi connectivity index (χ1n) is 12.1. The Hall–Kier alpha value is -3.55. The molecule has 4 amide bonds. The molecule has 0 aromatic heterocycles. The number of carbonyl (C=O) groups excluding carboxylic acids is 4. The lowest BCUT2D eigenvalue weighted by Gasteiger charge is -2.31. The summed E-state index contributed by atoms with van der Waals surface area (Å²) >= 11 is 0. The molecule has 35 heavy (non-hydrogen) atoms. The van der Waals surface area contributed by atoms with Gasteiger partial charge >= 0.3 is 0 Å². The summed E-state index contributed by atoms with van der Waals surface area (Å²) in [6.07, 6.45) is 2.54. The van der Waals surface area contributed by atoms with Crippen molar-refractivity contribution in [3.05, 3.63) is 71.0 Å².